The average Bonchev–Trinajstić information content (AvgIpc) is 3.28. The number of ether oxygens (including phenoxy) is 3. The Morgan fingerprint density at radius 1 is 1.23 bits per heavy atom. The number of thiophene rings is 1. The molecule has 1 aromatic carbocycles. The molecule has 1 aliphatic heterocycles. The topological polar surface area (TPSA) is 138 Å². The Bertz CT molecular complexity index is 1530. The summed E-state index contributed by atoms with van der Waals surface area (Å²) in [5, 5.41) is 12.6. The number of aromatic nitrogens is 2. The van der Waals surface area contributed by atoms with E-state index in [-0.39, 0.29) is 33.3 Å². The molecule has 1 amide bonds. The SMILES string of the molecule is CCNC(=O)C(C)(C)n1c(=O)c2c(C)c(C(=O)O)sc2n(CC(OC2CCOCC2)c2ccccc2OC)c1=O. The molecule has 1 aliphatic rings. The standard InChI is InChI=1S/C28H35N3O8S/c1-6-29-26(35)28(3,4)31-23(32)21-16(2)22(25(33)34)40-24(21)30(27(31)36)15-20(39-17-11-13-38-14-12-17)18-9-7-8-10-19(18)37-5/h7-10,17,20H,6,11-15H2,1-5H3,(H,29,35)(H,33,34). The lowest BCUT2D eigenvalue weighted by molar-refractivity contribution is -0.128. The van der Waals surface area contributed by atoms with E-state index in [1.54, 1.807) is 20.1 Å². The lowest BCUT2D eigenvalue weighted by Crippen LogP contribution is -2.55. The molecule has 0 aliphatic carbocycles. The number of aryl methyl sites for hydroxylation is 1. The van der Waals surface area contributed by atoms with Crippen molar-refractivity contribution in [3.05, 3.63) is 61.1 Å². The smallest absolute Gasteiger partial charge is 0.346 e. The predicted octanol–water partition coefficient (Wildman–Crippen LogP) is 3.05. The molecule has 2 N–H and O–H groups in total. The lowest BCUT2D eigenvalue weighted by atomic mass is 10.0. The minimum Gasteiger partial charge on any atom is -0.496 e. The van der Waals surface area contributed by atoms with Crippen LogP contribution in [0.15, 0.2) is 33.9 Å². The highest BCUT2D eigenvalue weighted by Crippen LogP contribution is 2.34. The Balaban J connectivity index is 1.98. The van der Waals surface area contributed by atoms with Gasteiger partial charge in [-0.25, -0.2) is 14.2 Å². The van der Waals surface area contributed by atoms with Gasteiger partial charge in [0, 0.05) is 25.3 Å². The van der Waals surface area contributed by atoms with E-state index in [1.165, 1.54) is 25.3 Å². The predicted molar refractivity (Wildman–Crippen MR) is 151 cm³/mol. The van der Waals surface area contributed by atoms with Crippen molar-refractivity contribution in [3.63, 3.8) is 0 Å². The van der Waals surface area contributed by atoms with E-state index in [9.17, 15) is 24.3 Å². The lowest BCUT2D eigenvalue weighted by Gasteiger charge is -2.30. The summed E-state index contributed by atoms with van der Waals surface area (Å²) in [5.41, 5.74) is -2.07. The van der Waals surface area contributed by atoms with Crippen LogP contribution in [0.5, 0.6) is 5.75 Å². The van der Waals surface area contributed by atoms with E-state index in [4.69, 9.17) is 14.2 Å². The molecule has 40 heavy (non-hydrogen) atoms. The molecule has 0 saturated carbocycles. The fourth-order valence-corrected chi connectivity index (χ4v) is 6.18. The molecular weight excluding hydrogens is 538 g/mol. The van der Waals surface area contributed by atoms with E-state index < -0.39 is 34.8 Å². The van der Waals surface area contributed by atoms with Gasteiger partial charge in [0.25, 0.3) is 5.56 Å². The monoisotopic (exact) mass is 573 g/mol. The molecule has 1 saturated heterocycles. The summed E-state index contributed by atoms with van der Waals surface area (Å²) < 4.78 is 19.9. The van der Waals surface area contributed by atoms with Crippen LogP contribution in [0.1, 0.15) is 60.5 Å². The molecule has 0 spiro atoms. The molecule has 3 heterocycles. The number of carboxylic acids is 1. The number of nitrogens with one attached hydrogen (secondary N) is 1. The first kappa shape index (κ1) is 29.5. The number of rotatable bonds is 10. The van der Waals surface area contributed by atoms with Gasteiger partial charge in [0.1, 0.15) is 27.1 Å². The van der Waals surface area contributed by atoms with Crippen molar-refractivity contribution < 1.29 is 28.9 Å². The van der Waals surface area contributed by atoms with Crippen LogP contribution in [-0.4, -0.2) is 59.1 Å². The quantitative estimate of drug-likeness (QED) is 0.378. The zero-order chi connectivity index (χ0) is 29.2. The van der Waals surface area contributed by atoms with Gasteiger partial charge in [-0.15, -0.1) is 11.3 Å². The van der Waals surface area contributed by atoms with Crippen molar-refractivity contribution >= 4 is 33.4 Å². The maximum atomic E-state index is 14.2. The number of benzene rings is 1. The molecule has 12 heteroatoms. The third-order valence-corrected chi connectivity index (χ3v) is 8.52. The third kappa shape index (κ3) is 5.43. The van der Waals surface area contributed by atoms with Gasteiger partial charge in [0.15, 0.2) is 0 Å². The summed E-state index contributed by atoms with van der Waals surface area (Å²) in [6.07, 6.45) is 0.503. The minimum absolute atomic E-state index is 0.0438. The number of hydrogen-bond donors (Lipinski definition) is 2. The van der Waals surface area contributed by atoms with Crippen LogP contribution in [0, 0.1) is 6.92 Å². The number of carbonyl (C=O) groups excluding carboxylic acids is 1. The largest absolute Gasteiger partial charge is 0.496 e. The first-order valence-corrected chi connectivity index (χ1v) is 14.0. The van der Waals surface area contributed by atoms with Crippen molar-refractivity contribution in [2.45, 2.75) is 64.8 Å². The van der Waals surface area contributed by atoms with Crippen LogP contribution < -0.4 is 21.3 Å². The second-order valence-corrected chi connectivity index (χ2v) is 11.2. The van der Waals surface area contributed by atoms with Gasteiger partial charge in [-0.1, -0.05) is 18.2 Å². The fourth-order valence-electron chi connectivity index (χ4n) is 5.04. The fraction of sp³-hybridized carbons (Fsp3) is 0.500. The van der Waals surface area contributed by atoms with Gasteiger partial charge in [-0.2, -0.15) is 0 Å². The van der Waals surface area contributed by atoms with Gasteiger partial charge in [0.2, 0.25) is 5.91 Å². The number of likely N-dealkylation sites (N-methyl/N-ethyl adjacent to an activating group) is 1. The summed E-state index contributed by atoms with van der Waals surface area (Å²) in [6, 6.07) is 7.32. The van der Waals surface area contributed by atoms with Crippen LogP contribution in [0.3, 0.4) is 0 Å². The maximum absolute atomic E-state index is 14.2. The van der Waals surface area contributed by atoms with E-state index in [0.29, 0.717) is 43.9 Å². The number of carboxylic acid groups (broad SMARTS) is 1. The first-order chi connectivity index (χ1) is 19.0. The van der Waals surface area contributed by atoms with Crippen LogP contribution in [-0.2, 0) is 26.4 Å². The Morgan fingerprint density at radius 2 is 1.90 bits per heavy atom. The van der Waals surface area contributed by atoms with Crippen molar-refractivity contribution in [2.75, 3.05) is 26.9 Å². The van der Waals surface area contributed by atoms with Crippen molar-refractivity contribution in [2.24, 2.45) is 0 Å². The highest BCUT2D eigenvalue weighted by molar-refractivity contribution is 7.20. The van der Waals surface area contributed by atoms with E-state index in [2.05, 4.69) is 5.32 Å². The van der Waals surface area contributed by atoms with Crippen LogP contribution >= 0.6 is 11.3 Å². The van der Waals surface area contributed by atoms with Gasteiger partial charge in [-0.05, 0) is 52.2 Å². The van der Waals surface area contributed by atoms with Crippen LogP contribution in [0.4, 0.5) is 0 Å². The Hall–Kier alpha value is -3.48. The number of hydrogen-bond acceptors (Lipinski definition) is 8. The van der Waals surface area contributed by atoms with Crippen molar-refractivity contribution in [1.29, 1.82) is 0 Å². The normalized spacial score (nSPS) is 15.2. The number of para-hydroxylation sites is 1. The van der Waals surface area contributed by atoms with Crippen molar-refractivity contribution in [1.82, 2.24) is 14.5 Å². The zero-order valence-electron chi connectivity index (χ0n) is 23.3. The Labute approximate surface area is 235 Å². The Morgan fingerprint density at radius 3 is 2.52 bits per heavy atom. The molecule has 4 rings (SSSR count). The number of aromatic carboxylic acids is 1. The highest BCUT2D eigenvalue weighted by atomic mass is 32.1. The van der Waals surface area contributed by atoms with Gasteiger partial charge in [-0.3, -0.25) is 14.2 Å². The average molecular weight is 574 g/mol. The molecule has 1 fully saturated rings. The first-order valence-electron chi connectivity index (χ1n) is 13.2. The van der Waals surface area contributed by atoms with Gasteiger partial charge in [0.05, 0.1) is 25.1 Å². The van der Waals surface area contributed by atoms with E-state index in [1.807, 2.05) is 18.2 Å². The van der Waals surface area contributed by atoms with Crippen LogP contribution in [0.2, 0.25) is 0 Å². The zero-order valence-corrected chi connectivity index (χ0v) is 24.1. The molecular formula is C28H35N3O8S. The third-order valence-electron chi connectivity index (χ3n) is 7.22. The van der Waals surface area contributed by atoms with Gasteiger partial charge < -0.3 is 24.6 Å². The molecule has 1 atom stereocenters. The van der Waals surface area contributed by atoms with E-state index in [0.717, 1.165) is 15.9 Å². The molecule has 11 nitrogen and oxygen atoms in total. The number of amides is 1. The summed E-state index contributed by atoms with van der Waals surface area (Å²) in [7, 11) is 1.55. The molecule has 2 aromatic heterocycles. The molecule has 0 radical (unpaired) electrons. The summed E-state index contributed by atoms with van der Waals surface area (Å²) in [5.74, 6) is -1.15. The molecule has 216 valence electrons. The number of nitrogens with zero attached hydrogens (tertiary/aromatic N) is 2. The van der Waals surface area contributed by atoms with Crippen LogP contribution in [0.25, 0.3) is 10.2 Å². The summed E-state index contributed by atoms with van der Waals surface area (Å²) in [4.78, 5) is 53.2. The number of carbonyl (C=O) groups is 2. The van der Waals surface area contributed by atoms with Crippen molar-refractivity contribution in [3.8, 4) is 5.75 Å². The number of methoxy groups -OCH3 is 1. The molecule has 3 aromatic rings. The van der Waals surface area contributed by atoms with E-state index >= 15 is 0 Å². The van der Waals surface area contributed by atoms with Gasteiger partial charge >= 0.3 is 11.7 Å². The Kier molecular flexibility index (Phi) is 8.81. The minimum atomic E-state index is -1.56. The summed E-state index contributed by atoms with van der Waals surface area (Å²) >= 11 is 0.861. The maximum Gasteiger partial charge on any atom is 0.346 e. The highest BCUT2D eigenvalue weighted by Gasteiger charge is 2.36. The number of fused-ring (bicyclic) bond motifs is 1. The molecule has 1 unspecified atom stereocenters. The second kappa shape index (κ2) is 11.9. The second-order valence-electron chi connectivity index (χ2n) is 10.2. The summed E-state index contributed by atoms with van der Waals surface area (Å²) in [6.45, 7) is 7.63. The molecule has 0 bridgehead atoms.